The van der Waals surface area contributed by atoms with E-state index in [-0.39, 0.29) is 5.92 Å². The molecule has 3 N–H and O–H groups in total. The Hall–Kier alpha value is -2.24. The van der Waals surface area contributed by atoms with Gasteiger partial charge in [0.15, 0.2) is 0 Å². The molecule has 2 saturated carbocycles. The van der Waals surface area contributed by atoms with Crippen LogP contribution in [0.4, 0.5) is 0 Å². The molecular weight excluding hydrogens is 386 g/mol. The monoisotopic (exact) mass is 420 g/mol. The first-order valence-electron chi connectivity index (χ1n) is 12.1. The summed E-state index contributed by atoms with van der Waals surface area (Å²) in [4.78, 5) is 19.5. The third-order valence-corrected chi connectivity index (χ3v) is 7.83. The van der Waals surface area contributed by atoms with E-state index in [2.05, 4.69) is 48.0 Å². The first-order chi connectivity index (χ1) is 15.2. The quantitative estimate of drug-likeness (QED) is 0.770. The Morgan fingerprint density at radius 1 is 1.23 bits per heavy atom. The molecule has 2 atom stereocenters. The Morgan fingerprint density at radius 3 is 2.55 bits per heavy atom. The van der Waals surface area contributed by atoms with Gasteiger partial charge in [-0.1, -0.05) is 24.3 Å². The highest BCUT2D eigenvalue weighted by Gasteiger charge is 2.60. The van der Waals surface area contributed by atoms with Crippen LogP contribution in [0.15, 0.2) is 36.5 Å². The minimum Gasteiger partial charge on any atom is -0.393 e. The second-order valence-corrected chi connectivity index (χ2v) is 10.0. The van der Waals surface area contributed by atoms with Crippen LogP contribution in [-0.4, -0.2) is 46.1 Å². The van der Waals surface area contributed by atoms with E-state index in [4.69, 9.17) is 7.10 Å². The second-order valence-electron chi connectivity index (χ2n) is 10.0. The summed E-state index contributed by atoms with van der Waals surface area (Å²) < 4.78 is 7.83. The molecule has 5 nitrogen and oxygen atoms in total. The van der Waals surface area contributed by atoms with Crippen molar-refractivity contribution in [1.29, 1.82) is 0 Å². The highest BCUT2D eigenvalue weighted by Crippen LogP contribution is 2.59. The van der Waals surface area contributed by atoms with Crippen LogP contribution in [0.1, 0.15) is 74.9 Å². The molecule has 0 radical (unpaired) electrons. The summed E-state index contributed by atoms with van der Waals surface area (Å²) >= 11 is 0. The molecule has 5 heteroatoms. The van der Waals surface area contributed by atoms with Crippen LogP contribution < -0.4 is 5.73 Å². The molecule has 1 saturated heterocycles. The van der Waals surface area contributed by atoms with Crippen LogP contribution in [0.2, 0.25) is 0 Å². The molecule has 1 aliphatic heterocycles. The van der Waals surface area contributed by atoms with Gasteiger partial charge >= 0.3 is 0 Å². The normalized spacial score (nSPS) is 33.2. The largest absolute Gasteiger partial charge is 0.393 e. The summed E-state index contributed by atoms with van der Waals surface area (Å²) in [7, 11) is 0. The Labute approximate surface area is 186 Å². The molecule has 3 aliphatic rings. The van der Waals surface area contributed by atoms with Gasteiger partial charge in [-0.25, -0.2) is 0 Å². The first-order valence-corrected chi connectivity index (χ1v) is 11.6. The Morgan fingerprint density at radius 2 is 1.94 bits per heavy atom. The third kappa shape index (κ3) is 3.68. The Bertz CT molecular complexity index is 1030. The highest BCUT2D eigenvalue weighted by atomic mass is 16.3. The number of rotatable bonds is 5. The number of amides is 1. The van der Waals surface area contributed by atoms with E-state index in [1.165, 1.54) is 18.5 Å². The number of piperidine rings is 1. The van der Waals surface area contributed by atoms with E-state index in [1.54, 1.807) is 0 Å². The summed E-state index contributed by atoms with van der Waals surface area (Å²) in [6.07, 6.45) is 3.79. The van der Waals surface area contributed by atoms with Gasteiger partial charge in [0.1, 0.15) is 0 Å². The molecule has 2 aromatic rings. The summed E-state index contributed by atoms with van der Waals surface area (Å²) in [5.41, 5.74) is 10.5. The SMILES string of the molecule is [2H]C1(O)CCC(c2ncc(-c3ccc(C45CC4CN(C(C)C)C5)cc3)cc2C(N)=O)CC1. The molecular formula is C26H33N3O2. The lowest BCUT2D eigenvalue weighted by molar-refractivity contribution is 0.0996. The number of aliphatic hydroxyl groups is 1. The molecule has 2 aliphatic carbocycles. The van der Waals surface area contributed by atoms with Gasteiger partial charge in [0.25, 0.3) is 5.91 Å². The number of hydrogen-bond acceptors (Lipinski definition) is 4. The maximum atomic E-state index is 12.2. The summed E-state index contributed by atoms with van der Waals surface area (Å²) in [6.45, 7) is 6.89. The van der Waals surface area contributed by atoms with E-state index in [0.29, 0.717) is 48.4 Å². The number of benzene rings is 1. The number of primary amides is 1. The van der Waals surface area contributed by atoms with E-state index in [0.717, 1.165) is 23.6 Å². The van der Waals surface area contributed by atoms with Gasteiger partial charge in [0, 0.05) is 42.2 Å². The van der Waals surface area contributed by atoms with E-state index >= 15 is 0 Å². The van der Waals surface area contributed by atoms with Gasteiger partial charge < -0.3 is 10.8 Å². The molecule has 0 spiro atoms. The van der Waals surface area contributed by atoms with Crippen molar-refractivity contribution in [3.63, 3.8) is 0 Å². The number of hydrogen-bond donors (Lipinski definition) is 2. The number of aromatic nitrogens is 1. The summed E-state index contributed by atoms with van der Waals surface area (Å²) in [5.74, 6) is 0.351. The van der Waals surface area contributed by atoms with Gasteiger partial charge in [0.05, 0.1) is 18.7 Å². The molecule has 5 rings (SSSR count). The number of nitrogens with zero attached hydrogens (tertiary/aromatic N) is 2. The zero-order chi connectivity index (χ0) is 22.7. The van der Waals surface area contributed by atoms with Crippen molar-refractivity contribution >= 4 is 5.91 Å². The molecule has 31 heavy (non-hydrogen) atoms. The molecule has 1 amide bonds. The van der Waals surface area contributed by atoms with Gasteiger partial charge in [-0.15, -0.1) is 0 Å². The fraction of sp³-hybridized carbons (Fsp3) is 0.538. The maximum Gasteiger partial charge on any atom is 0.250 e. The van der Waals surface area contributed by atoms with Crippen LogP contribution in [-0.2, 0) is 5.41 Å². The van der Waals surface area contributed by atoms with Crippen molar-refractivity contribution in [2.75, 3.05) is 13.1 Å². The lowest BCUT2D eigenvalue weighted by Gasteiger charge is -2.26. The summed E-state index contributed by atoms with van der Waals surface area (Å²) in [5, 5.41) is 9.93. The van der Waals surface area contributed by atoms with Crippen LogP contribution in [0.25, 0.3) is 11.1 Å². The predicted octanol–water partition coefficient (Wildman–Crippen LogP) is 3.85. The van der Waals surface area contributed by atoms with Crippen LogP contribution in [0.3, 0.4) is 0 Å². The number of pyridine rings is 1. The van der Waals surface area contributed by atoms with Gasteiger partial charge in [-0.3, -0.25) is 14.7 Å². The minimum absolute atomic E-state index is 0.0525. The van der Waals surface area contributed by atoms with E-state index < -0.39 is 12.0 Å². The topological polar surface area (TPSA) is 79.5 Å². The van der Waals surface area contributed by atoms with Crippen LogP contribution >= 0.6 is 0 Å². The fourth-order valence-electron chi connectivity index (χ4n) is 5.74. The molecule has 1 aromatic heterocycles. The van der Waals surface area contributed by atoms with Crippen molar-refractivity contribution in [3.05, 3.63) is 53.3 Å². The molecule has 2 heterocycles. The fourth-order valence-corrected chi connectivity index (χ4v) is 5.74. The molecule has 2 unspecified atom stereocenters. The Kier molecular flexibility index (Phi) is 4.84. The molecule has 164 valence electrons. The summed E-state index contributed by atoms with van der Waals surface area (Å²) in [6, 6.07) is 11.2. The lowest BCUT2D eigenvalue weighted by Crippen LogP contribution is -2.32. The highest BCUT2D eigenvalue weighted by molar-refractivity contribution is 5.95. The second kappa shape index (κ2) is 7.72. The number of likely N-dealkylation sites (tertiary alicyclic amines) is 1. The lowest BCUT2D eigenvalue weighted by atomic mass is 9.83. The zero-order valence-corrected chi connectivity index (χ0v) is 18.5. The van der Waals surface area contributed by atoms with E-state index in [1.807, 2.05) is 12.3 Å². The predicted molar refractivity (Wildman–Crippen MR) is 122 cm³/mol. The minimum atomic E-state index is -1.36. The number of fused-ring (bicyclic) bond motifs is 1. The van der Waals surface area contributed by atoms with Crippen molar-refractivity contribution in [3.8, 4) is 11.1 Å². The number of carbonyl (C=O) groups is 1. The Balaban J connectivity index is 1.37. The molecule has 3 fully saturated rings. The number of nitrogens with two attached hydrogens (primary N) is 1. The van der Waals surface area contributed by atoms with Gasteiger partial charge in [-0.2, -0.15) is 0 Å². The first kappa shape index (κ1) is 19.4. The smallest absolute Gasteiger partial charge is 0.250 e. The van der Waals surface area contributed by atoms with Crippen molar-refractivity contribution in [1.82, 2.24) is 9.88 Å². The van der Waals surface area contributed by atoms with E-state index in [9.17, 15) is 9.90 Å². The molecule has 1 aromatic carbocycles. The number of carbonyl (C=O) groups excluding carboxylic acids is 1. The molecule has 0 bridgehead atoms. The standard InChI is InChI=1S/C26H33N3O2/c1-16(2)29-14-21-12-26(21,15-29)20-7-3-17(4-8-20)19-11-23(25(27)31)24(28-13-19)18-5-9-22(30)10-6-18/h3-4,7-8,11,13,16,18,21-22,30H,5-6,9-10,12,14-15H2,1-2H3,(H2,27,31)/i22D. The van der Waals surface area contributed by atoms with Crippen LogP contribution in [0, 0.1) is 5.92 Å². The maximum absolute atomic E-state index is 12.2. The average molecular weight is 421 g/mol. The van der Waals surface area contributed by atoms with Crippen molar-refractivity contribution in [2.45, 2.75) is 69.4 Å². The third-order valence-electron chi connectivity index (χ3n) is 7.83. The van der Waals surface area contributed by atoms with Crippen LogP contribution in [0.5, 0.6) is 0 Å². The zero-order valence-electron chi connectivity index (χ0n) is 19.5. The average Bonchev–Trinajstić information content (AvgIpc) is 3.34. The van der Waals surface area contributed by atoms with Gasteiger partial charge in [0.2, 0.25) is 0 Å². The van der Waals surface area contributed by atoms with Crippen molar-refractivity contribution in [2.24, 2.45) is 11.7 Å². The van der Waals surface area contributed by atoms with Crippen molar-refractivity contribution < 1.29 is 11.3 Å². The van der Waals surface area contributed by atoms with Gasteiger partial charge in [-0.05, 0) is 69.1 Å².